The van der Waals surface area contributed by atoms with E-state index in [0.29, 0.717) is 12.0 Å². The van der Waals surface area contributed by atoms with Crippen molar-refractivity contribution in [1.29, 1.82) is 0 Å². The summed E-state index contributed by atoms with van der Waals surface area (Å²) in [5.74, 6) is 3.38. The van der Waals surface area contributed by atoms with Crippen LogP contribution in [0.4, 0.5) is 0 Å². The maximum absolute atomic E-state index is 5.61. The smallest absolute Gasteiger partial charge is 0.127 e. The predicted molar refractivity (Wildman–Crippen MR) is 87.1 cm³/mol. The normalized spacial score (nSPS) is 23.6. The topological polar surface area (TPSA) is 30.5 Å². The number of ether oxygens (including phenoxy) is 2. The van der Waals surface area contributed by atoms with E-state index in [0.717, 1.165) is 24.0 Å². The zero-order valence-corrected chi connectivity index (χ0v) is 13.8. The highest BCUT2D eigenvalue weighted by molar-refractivity contribution is 5.47. The highest BCUT2D eigenvalue weighted by Crippen LogP contribution is 2.43. The van der Waals surface area contributed by atoms with Gasteiger partial charge in [0.25, 0.3) is 0 Å². The molecule has 0 radical (unpaired) electrons. The third kappa shape index (κ3) is 3.70. The lowest BCUT2D eigenvalue weighted by molar-refractivity contribution is 0.226. The Morgan fingerprint density at radius 2 is 1.67 bits per heavy atom. The molecule has 1 saturated carbocycles. The number of rotatable bonds is 6. The molecule has 0 bridgehead atoms. The molecule has 0 heterocycles. The van der Waals surface area contributed by atoms with Crippen molar-refractivity contribution in [3.05, 3.63) is 23.8 Å². The van der Waals surface area contributed by atoms with Crippen LogP contribution in [0, 0.1) is 11.8 Å². The molecule has 1 aliphatic rings. The number of methoxy groups -OCH3 is 2. The maximum atomic E-state index is 5.61. The molecule has 1 atom stereocenters. The van der Waals surface area contributed by atoms with Gasteiger partial charge in [0.05, 0.1) is 19.8 Å². The lowest BCUT2D eigenvalue weighted by Crippen LogP contribution is -2.31. The van der Waals surface area contributed by atoms with E-state index in [-0.39, 0.29) is 0 Å². The van der Waals surface area contributed by atoms with Gasteiger partial charge in [-0.3, -0.25) is 0 Å². The van der Waals surface area contributed by atoms with E-state index in [1.165, 1.54) is 31.2 Å². The van der Waals surface area contributed by atoms with E-state index in [2.05, 4.69) is 19.2 Å². The van der Waals surface area contributed by atoms with E-state index in [1.54, 1.807) is 14.2 Å². The third-order valence-electron chi connectivity index (χ3n) is 4.73. The number of hydrogen-bond donors (Lipinski definition) is 1. The zero-order valence-electron chi connectivity index (χ0n) is 13.8. The van der Waals surface area contributed by atoms with Crippen LogP contribution in [0.25, 0.3) is 0 Å². The molecule has 2 rings (SSSR count). The SMILES string of the molecule is CCNC(c1c(OC)cccc1OC)C1CCC(C)CC1. The monoisotopic (exact) mass is 291 g/mol. The van der Waals surface area contributed by atoms with Crippen molar-refractivity contribution in [2.75, 3.05) is 20.8 Å². The average Bonchev–Trinajstić information content (AvgIpc) is 2.53. The van der Waals surface area contributed by atoms with Crippen molar-refractivity contribution < 1.29 is 9.47 Å². The molecule has 0 spiro atoms. The lowest BCUT2D eigenvalue weighted by Gasteiger charge is -2.34. The molecule has 0 saturated heterocycles. The van der Waals surface area contributed by atoms with Crippen LogP contribution in [0.3, 0.4) is 0 Å². The standard InChI is InChI=1S/C18H29NO2/c1-5-19-18(14-11-9-13(2)10-12-14)17-15(20-3)7-6-8-16(17)21-4/h6-8,13-14,18-19H,5,9-12H2,1-4H3. The highest BCUT2D eigenvalue weighted by atomic mass is 16.5. The summed E-state index contributed by atoms with van der Waals surface area (Å²) in [5, 5.41) is 3.67. The molecule has 1 unspecified atom stereocenters. The number of hydrogen-bond acceptors (Lipinski definition) is 3. The second-order valence-corrected chi connectivity index (χ2v) is 6.13. The van der Waals surface area contributed by atoms with Crippen molar-refractivity contribution >= 4 is 0 Å². The van der Waals surface area contributed by atoms with E-state index in [9.17, 15) is 0 Å². The van der Waals surface area contributed by atoms with Crippen LogP contribution < -0.4 is 14.8 Å². The Balaban J connectivity index is 2.33. The summed E-state index contributed by atoms with van der Waals surface area (Å²) in [4.78, 5) is 0. The van der Waals surface area contributed by atoms with Gasteiger partial charge in [0.1, 0.15) is 11.5 Å². The number of benzene rings is 1. The highest BCUT2D eigenvalue weighted by Gasteiger charge is 2.30. The van der Waals surface area contributed by atoms with Crippen LogP contribution in [0.5, 0.6) is 11.5 Å². The molecule has 21 heavy (non-hydrogen) atoms. The second-order valence-electron chi connectivity index (χ2n) is 6.13. The summed E-state index contributed by atoms with van der Waals surface area (Å²) in [5.41, 5.74) is 1.18. The summed E-state index contributed by atoms with van der Waals surface area (Å²) in [6.07, 6.45) is 5.20. The fourth-order valence-electron chi connectivity index (χ4n) is 3.53. The van der Waals surface area contributed by atoms with Crippen LogP contribution >= 0.6 is 0 Å². The van der Waals surface area contributed by atoms with E-state index < -0.39 is 0 Å². The Hall–Kier alpha value is -1.22. The summed E-state index contributed by atoms with van der Waals surface area (Å²) >= 11 is 0. The second kappa shape index (κ2) is 7.69. The molecule has 0 amide bonds. The van der Waals surface area contributed by atoms with Gasteiger partial charge in [-0.05, 0) is 43.4 Å². The molecule has 1 aromatic rings. The van der Waals surface area contributed by atoms with Crippen molar-refractivity contribution in [2.45, 2.75) is 45.6 Å². The van der Waals surface area contributed by atoms with E-state index in [4.69, 9.17) is 9.47 Å². The quantitative estimate of drug-likeness (QED) is 0.853. The number of nitrogens with one attached hydrogen (secondary N) is 1. The van der Waals surface area contributed by atoms with E-state index >= 15 is 0 Å². The van der Waals surface area contributed by atoms with Gasteiger partial charge in [-0.1, -0.05) is 32.8 Å². The van der Waals surface area contributed by atoms with Gasteiger partial charge < -0.3 is 14.8 Å². The Morgan fingerprint density at radius 1 is 1.10 bits per heavy atom. The first kappa shape index (κ1) is 16.2. The lowest BCUT2D eigenvalue weighted by atomic mass is 9.77. The molecule has 3 nitrogen and oxygen atoms in total. The minimum absolute atomic E-state index is 0.314. The third-order valence-corrected chi connectivity index (χ3v) is 4.73. The van der Waals surface area contributed by atoms with Gasteiger partial charge in [-0.15, -0.1) is 0 Å². The van der Waals surface area contributed by atoms with Crippen LogP contribution in [0.2, 0.25) is 0 Å². The minimum Gasteiger partial charge on any atom is -0.496 e. The molecule has 1 aliphatic carbocycles. The molecular formula is C18H29NO2. The van der Waals surface area contributed by atoms with Gasteiger partial charge in [0.15, 0.2) is 0 Å². The van der Waals surface area contributed by atoms with Gasteiger partial charge >= 0.3 is 0 Å². The Labute approximate surface area is 129 Å². The van der Waals surface area contributed by atoms with Crippen LogP contribution in [-0.2, 0) is 0 Å². The fraction of sp³-hybridized carbons (Fsp3) is 0.667. The maximum Gasteiger partial charge on any atom is 0.127 e. The predicted octanol–water partition coefficient (Wildman–Crippen LogP) is 4.18. The van der Waals surface area contributed by atoms with Gasteiger partial charge in [0.2, 0.25) is 0 Å². The molecule has 1 N–H and O–H groups in total. The molecule has 1 fully saturated rings. The zero-order chi connectivity index (χ0) is 15.2. The largest absolute Gasteiger partial charge is 0.496 e. The first-order chi connectivity index (χ1) is 10.2. The minimum atomic E-state index is 0.314. The van der Waals surface area contributed by atoms with E-state index in [1.807, 2.05) is 18.2 Å². The fourth-order valence-corrected chi connectivity index (χ4v) is 3.53. The molecule has 118 valence electrons. The Bertz CT molecular complexity index is 417. The van der Waals surface area contributed by atoms with Crippen molar-refractivity contribution in [2.24, 2.45) is 11.8 Å². The van der Waals surface area contributed by atoms with Crippen molar-refractivity contribution in [1.82, 2.24) is 5.32 Å². The van der Waals surface area contributed by atoms with Crippen LogP contribution in [-0.4, -0.2) is 20.8 Å². The average molecular weight is 291 g/mol. The van der Waals surface area contributed by atoms with Crippen LogP contribution in [0.1, 0.15) is 51.1 Å². The molecule has 3 heteroatoms. The summed E-state index contributed by atoms with van der Waals surface area (Å²) < 4.78 is 11.2. The molecule has 0 aliphatic heterocycles. The van der Waals surface area contributed by atoms with Crippen molar-refractivity contribution in [3.8, 4) is 11.5 Å². The Morgan fingerprint density at radius 3 is 2.14 bits per heavy atom. The first-order valence-electron chi connectivity index (χ1n) is 8.15. The van der Waals surface area contributed by atoms with Gasteiger partial charge in [-0.2, -0.15) is 0 Å². The van der Waals surface area contributed by atoms with Crippen molar-refractivity contribution in [3.63, 3.8) is 0 Å². The Kier molecular flexibility index (Phi) is 5.92. The summed E-state index contributed by atoms with van der Waals surface area (Å²) in [7, 11) is 3.48. The summed E-state index contributed by atoms with van der Waals surface area (Å²) in [6, 6.07) is 6.38. The van der Waals surface area contributed by atoms with Gasteiger partial charge in [-0.25, -0.2) is 0 Å². The van der Waals surface area contributed by atoms with Gasteiger partial charge in [0, 0.05) is 6.04 Å². The summed E-state index contributed by atoms with van der Waals surface area (Å²) in [6.45, 7) is 5.49. The molecule has 0 aromatic heterocycles. The molecule has 1 aromatic carbocycles. The van der Waals surface area contributed by atoms with Crippen LogP contribution in [0.15, 0.2) is 18.2 Å². The first-order valence-corrected chi connectivity index (χ1v) is 8.15. The molecular weight excluding hydrogens is 262 g/mol.